The van der Waals surface area contributed by atoms with Crippen molar-refractivity contribution in [1.82, 2.24) is 9.62 Å². The first kappa shape index (κ1) is 35.0. The lowest BCUT2D eigenvalue weighted by Gasteiger charge is -2.33. The first-order valence-corrected chi connectivity index (χ1v) is 12.4. The van der Waals surface area contributed by atoms with E-state index in [0.29, 0.717) is 13.0 Å². The Morgan fingerprint density at radius 2 is 1.31 bits per heavy atom. The molecule has 0 saturated carbocycles. The Kier molecular flexibility index (Phi) is 12.8. The minimum atomic E-state index is -6.41. The van der Waals surface area contributed by atoms with E-state index in [1.165, 1.54) is 0 Å². The van der Waals surface area contributed by atoms with Gasteiger partial charge in [-0.2, -0.15) is 39.5 Å². The van der Waals surface area contributed by atoms with Crippen molar-refractivity contribution in [2.45, 2.75) is 74.8 Å². The molecule has 0 aliphatic rings. The zero-order chi connectivity index (χ0) is 28.6. The molecule has 0 aliphatic heterocycles. The van der Waals surface area contributed by atoms with E-state index in [0.717, 1.165) is 0 Å². The fourth-order valence-electron chi connectivity index (χ4n) is 3.28. The van der Waals surface area contributed by atoms with Crippen LogP contribution in [0.25, 0.3) is 0 Å². The van der Waals surface area contributed by atoms with Crippen LogP contribution in [0, 0.1) is 5.92 Å². The average molecular weight is 579 g/mol. The summed E-state index contributed by atoms with van der Waals surface area (Å²) in [5, 5.41) is 0. The van der Waals surface area contributed by atoms with Crippen molar-refractivity contribution in [1.29, 1.82) is 0 Å². The summed E-state index contributed by atoms with van der Waals surface area (Å²) in [4.78, 5) is 1.72. The lowest BCUT2D eigenvalue weighted by Crippen LogP contribution is -2.54. The zero-order valence-electron chi connectivity index (χ0n) is 19.6. The van der Waals surface area contributed by atoms with Crippen LogP contribution < -0.4 is 4.72 Å². The number of unbranched alkanes of at least 4 members (excludes halogenated alkanes) is 1. The SMILES string of the molecule is CN(C)CCCNS(=O)(=O)CCC(CCCCC(F)(CF)C(F)(F)F)CC(F)(C(F)(F)F)C(F)(F)F. The van der Waals surface area contributed by atoms with Crippen molar-refractivity contribution in [2.24, 2.45) is 5.92 Å². The second kappa shape index (κ2) is 13.2. The molecule has 0 radical (unpaired) electrons. The van der Waals surface area contributed by atoms with Gasteiger partial charge in [0.2, 0.25) is 15.7 Å². The van der Waals surface area contributed by atoms with Crippen molar-refractivity contribution in [3.05, 3.63) is 0 Å². The van der Waals surface area contributed by atoms with Crippen LogP contribution in [0.15, 0.2) is 0 Å². The summed E-state index contributed by atoms with van der Waals surface area (Å²) in [6.45, 7) is -2.09. The van der Waals surface area contributed by atoms with Crippen molar-refractivity contribution in [2.75, 3.05) is 39.6 Å². The third-order valence-electron chi connectivity index (χ3n) is 5.52. The maximum Gasteiger partial charge on any atom is 0.431 e. The molecular formula is C19H30F12N2O2S. The number of rotatable bonds is 16. The van der Waals surface area contributed by atoms with Crippen LogP contribution in [0.5, 0.6) is 0 Å². The monoisotopic (exact) mass is 578 g/mol. The molecule has 17 heteroatoms. The summed E-state index contributed by atoms with van der Waals surface area (Å²) in [6, 6.07) is 0. The van der Waals surface area contributed by atoms with Gasteiger partial charge in [-0.1, -0.05) is 12.8 Å². The first-order chi connectivity index (χ1) is 16.0. The highest BCUT2D eigenvalue weighted by Crippen LogP contribution is 2.50. The minimum Gasteiger partial charge on any atom is -0.309 e. The molecule has 0 heterocycles. The van der Waals surface area contributed by atoms with Gasteiger partial charge >= 0.3 is 18.5 Å². The van der Waals surface area contributed by atoms with E-state index >= 15 is 0 Å². The minimum absolute atomic E-state index is 0.0947. The van der Waals surface area contributed by atoms with Gasteiger partial charge in [-0.15, -0.1) is 0 Å². The molecule has 2 unspecified atom stereocenters. The standard InChI is InChI=1S/C19H30F12N2O2S/c1-33(2)10-5-9-32-36(34,35)11-7-14(12-16(22,18(26,27)28)19(29,30)31)6-3-4-8-15(21,13-20)17(23,24)25/h14,32H,3-13H2,1-2H3. The van der Waals surface area contributed by atoms with Gasteiger partial charge in [-0.05, 0) is 52.2 Å². The van der Waals surface area contributed by atoms with Crippen LogP contribution in [0.4, 0.5) is 52.7 Å². The number of nitrogens with zero attached hydrogens (tertiary/aromatic N) is 1. The molecule has 0 rings (SSSR count). The maximum atomic E-state index is 14.2. The summed E-state index contributed by atoms with van der Waals surface area (Å²) in [5.41, 5.74) is -9.97. The molecule has 0 spiro atoms. The van der Waals surface area contributed by atoms with E-state index in [1.54, 1.807) is 19.0 Å². The van der Waals surface area contributed by atoms with Gasteiger partial charge < -0.3 is 4.90 Å². The summed E-state index contributed by atoms with van der Waals surface area (Å²) in [7, 11) is -0.803. The highest BCUT2D eigenvalue weighted by Gasteiger charge is 2.72. The summed E-state index contributed by atoms with van der Waals surface area (Å²) in [6.07, 6.45) is -24.9. The van der Waals surface area contributed by atoms with Gasteiger partial charge in [0.15, 0.2) is 0 Å². The first-order valence-electron chi connectivity index (χ1n) is 10.8. The van der Waals surface area contributed by atoms with Crippen LogP contribution in [0.2, 0.25) is 0 Å². The number of alkyl halides is 12. The predicted octanol–water partition coefficient (Wildman–Crippen LogP) is 5.89. The van der Waals surface area contributed by atoms with E-state index in [-0.39, 0.29) is 6.54 Å². The third-order valence-corrected chi connectivity index (χ3v) is 6.94. The normalized spacial score (nSPS) is 16.9. The molecular weight excluding hydrogens is 548 g/mol. The lowest BCUT2D eigenvalue weighted by atomic mass is 9.85. The molecule has 218 valence electrons. The smallest absolute Gasteiger partial charge is 0.309 e. The number of sulfonamides is 1. The fraction of sp³-hybridized carbons (Fsp3) is 1.00. The Morgan fingerprint density at radius 1 is 0.778 bits per heavy atom. The van der Waals surface area contributed by atoms with E-state index < -0.39 is 96.8 Å². The predicted molar refractivity (Wildman–Crippen MR) is 108 cm³/mol. The topological polar surface area (TPSA) is 49.4 Å². The molecule has 0 fully saturated rings. The molecule has 0 aromatic carbocycles. The molecule has 36 heavy (non-hydrogen) atoms. The molecule has 0 amide bonds. The number of nitrogens with one attached hydrogen (secondary N) is 1. The van der Waals surface area contributed by atoms with Crippen LogP contribution in [-0.2, 0) is 10.0 Å². The quantitative estimate of drug-likeness (QED) is 0.184. The highest BCUT2D eigenvalue weighted by molar-refractivity contribution is 7.89. The van der Waals surface area contributed by atoms with Gasteiger partial charge in [0.25, 0.3) is 5.67 Å². The molecule has 0 saturated heterocycles. The number of hydrogen-bond acceptors (Lipinski definition) is 3. The van der Waals surface area contributed by atoms with Crippen molar-refractivity contribution in [3.8, 4) is 0 Å². The Bertz CT molecular complexity index is 739. The molecule has 0 bridgehead atoms. The fourth-order valence-corrected chi connectivity index (χ4v) is 4.52. The average Bonchev–Trinajstić information content (AvgIpc) is 2.69. The molecule has 0 aromatic heterocycles. The summed E-state index contributed by atoms with van der Waals surface area (Å²) >= 11 is 0. The molecule has 2 atom stereocenters. The largest absolute Gasteiger partial charge is 0.431 e. The van der Waals surface area contributed by atoms with Crippen molar-refractivity contribution >= 4 is 10.0 Å². The van der Waals surface area contributed by atoms with Crippen LogP contribution in [-0.4, -0.2) is 82.8 Å². The molecule has 0 aromatic rings. The van der Waals surface area contributed by atoms with E-state index in [2.05, 4.69) is 4.72 Å². The molecule has 4 nitrogen and oxygen atoms in total. The van der Waals surface area contributed by atoms with Crippen LogP contribution in [0.3, 0.4) is 0 Å². The Balaban J connectivity index is 5.47. The zero-order valence-corrected chi connectivity index (χ0v) is 20.4. The van der Waals surface area contributed by atoms with Gasteiger partial charge in [0.1, 0.15) is 6.67 Å². The van der Waals surface area contributed by atoms with E-state index in [4.69, 9.17) is 0 Å². The van der Waals surface area contributed by atoms with E-state index in [1.807, 2.05) is 0 Å². The lowest BCUT2D eigenvalue weighted by molar-refractivity contribution is -0.346. The Morgan fingerprint density at radius 3 is 1.72 bits per heavy atom. The Labute approximate surface area is 201 Å². The maximum absolute atomic E-state index is 14.2. The third kappa shape index (κ3) is 10.8. The second-order valence-electron chi connectivity index (χ2n) is 8.87. The molecule has 0 aliphatic carbocycles. The highest BCUT2D eigenvalue weighted by atomic mass is 32.2. The number of halogens is 12. The van der Waals surface area contributed by atoms with Gasteiger partial charge in [-0.3, -0.25) is 0 Å². The molecule has 1 N–H and O–H groups in total. The van der Waals surface area contributed by atoms with Crippen LogP contribution >= 0.6 is 0 Å². The van der Waals surface area contributed by atoms with Gasteiger partial charge in [0, 0.05) is 13.0 Å². The van der Waals surface area contributed by atoms with Crippen molar-refractivity contribution in [3.63, 3.8) is 0 Å². The van der Waals surface area contributed by atoms with Crippen molar-refractivity contribution < 1.29 is 61.1 Å². The van der Waals surface area contributed by atoms with Gasteiger partial charge in [-0.25, -0.2) is 26.3 Å². The van der Waals surface area contributed by atoms with Crippen LogP contribution in [0.1, 0.15) is 44.9 Å². The Hall–Kier alpha value is -0.970. The van der Waals surface area contributed by atoms with Gasteiger partial charge in [0.05, 0.1) is 5.75 Å². The van der Waals surface area contributed by atoms with E-state index in [9.17, 15) is 61.1 Å². The second-order valence-corrected chi connectivity index (χ2v) is 10.8. The summed E-state index contributed by atoms with van der Waals surface area (Å²) < 4.78 is 182. The summed E-state index contributed by atoms with van der Waals surface area (Å²) in [5.74, 6) is -2.88. The number of hydrogen-bond donors (Lipinski definition) is 1.